The third kappa shape index (κ3) is 4.00. The molecule has 0 aromatic carbocycles. The molecule has 140 valence electrons. The molecular weight excluding hydrogens is 348 g/mol. The number of carbonyl (C=O) groups excluding carboxylic acids is 1. The van der Waals surface area contributed by atoms with Crippen LogP contribution >= 0.6 is 11.3 Å². The van der Waals surface area contributed by atoms with E-state index in [1.165, 1.54) is 24.1 Å². The van der Waals surface area contributed by atoms with Crippen LogP contribution in [-0.2, 0) is 11.8 Å². The molecular formula is C19H26N4O2S. The fourth-order valence-electron chi connectivity index (χ4n) is 3.59. The zero-order valence-electron chi connectivity index (χ0n) is 15.3. The number of thiophene rings is 1. The Bertz CT molecular complexity index is 778. The van der Waals surface area contributed by atoms with Gasteiger partial charge in [0, 0.05) is 48.7 Å². The highest BCUT2D eigenvalue weighted by Gasteiger charge is 2.39. The molecule has 1 unspecified atom stereocenters. The number of anilines is 1. The molecule has 0 radical (unpaired) electrons. The second-order valence-corrected chi connectivity index (χ2v) is 8.35. The van der Waals surface area contributed by atoms with Crippen LogP contribution in [0.25, 0.3) is 0 Å². The van der Waals surface area contributed by atoms with Crippen molar-refractivity contribution in [2.24, 2.45) is 13.0 Å². The average molecular weight is 375 g/mol. The summed E-state index contributed by atoms with van der Waals surface area (Å²) in [6.45, 7) is 4.79. The van der Waals surface area contributed by atoms with Crippen LogP contribution in [0.1, 0.15) is 46.1 Å². The van der Waals surface area contributed by atoms with E-state index in [-0.39, 0.29) is 5.91 Å². The number of aryl methyl sites for hydroxylation is 2. The Morgan fingerprint density at radius 3 is 2.96 bits per heavy atom. The van der Waals surface area contributed by atoms with Crippen LogP contribution in [0.2, 0.25) is 0 Å². The van der Waals surface area contributed by atoms with Crippen LogP contribution in [0.5, 0.6) is 0 Å². The lowest BCUT2D eigenvalue weighted by Gasteiger charge is -2.22. The Labute approximate surface area is 157 Å². The molecule has 3 heterocycles. The van der Waals surface area contributed by atoms with Crippen molar-refractivity contribution in [3.05, 3.63) is 33.8 Å². The highest BCUT2D eigenvalue weighted by atomic mass is 32.1. The second kappa shape index (κ2) is 7.50. The van der Waals surface area contributed by atoms with Crippen molar-refractivity contribution in [1.29, 1.82) is 0 Å². The van der Waals surface area contributed by atoms with E-state index in [1.54, 1.807) is 16.0 Å². The number of hydrogen-bond acceptors (Lipinski definition) is 5. The molecule has 7 heteroatoms. The SMILES string of the molecule is Cc1nn(C)cc1NC(=O)c1csc([C@@H]2CC2NCC2CCOCC2)c1. The van der Waals surface area contributed by atoms with Gasteiger partial charge in [-0.05, 0) is 44.7 Å². The summed E-state index contributed by atoms with van der Waals surface area (Å²) in [5.74, 6) is 1.25. The second-order valence-electron chi connectivity index (χ2n) is 7.41. The lowest BCUT2D eigenvalue weighted by atomic mass is 10.0. The van der Waals surface area contributed by atoms with E-state index in [9.17, 15) is 4.79 Å². The van der Waals surface area contributed by atoms with Crippen molar-refractivity contribution in [2.45, 2.75) is 38.1 Å². The van der Waals surface area contributed by atoms with Gasteiger partial charge in [0.1, 0.15) is 0 Å². The standard InChI is InChI=1S/C19H26N4O2S/c1-12-17(10-23(2)22-12)21-19(24)14-7-18(26-11-14)15-8-16(15)20-9-13-3-5-25-6-4-13/h7,10-11,13,15-16,20H,3-6,8-9H2,1-2H3,(H,21,24)/t15-,16?/m1/s1. The molecule has 1 saturated heterocycles. The van der Waals surface area contributed by atoms with E-state index >= 15 is 0 Å². The van der Waals surface area contributed by atoms with Crippen molar-refractivity contribution in [3.8, 4) is 0 Å². The molecule has 1 saturated carbocycles. The quantitative estimate of drug-likeness (QED) is 0.816. The number of nitrogens with one attached hydrogen (secondary N) is 2. The summed E-state index contributed by atoms with van der Waals surface area (Å²) in [6, 6.07) is 2.61. The van der Waals surface area contributed by atoms with Gasteiger partial charge in [0.2, 0.25) is 0 Å². The van der Waals surface area contributed by atoms with Gasteiger partial charge in [0.05, 0.1) is 16.9 Å². The topological polar surface area (TPSA) is 68.2 Å². The molecule has 6 nitrogen and oxygen atoms in total. The third-order valence-electron chi connectivity index (χ3n) is 5.31. The lowest BCUT2D eigenvalue weighted by molar-refractivity contribution is 0.0662. The fraction of sp³-hybridized carbons (Fsp3) is 0.579. The predicted molar refractivity (Wildman–Crippen MR) is 103 cm³/mol. The molecule has 1 aliphatic heterocycles. The van der Waals surface area contributed by atoms with Gasteiger partial charge >= 0.3 is 0 Å². The third-order valence-corrected chi connectivity index (χ3v) is 6.37. The highest BCUT2D eigenvalue weighted by molar-refractivity contribution is 7.10. The number of amides is 1. The number of rotatable bonds is 6. The van der Waals surface area contributed by atoms with Gasteiger partial charge < -0.3 is 15.4 Å². The maximum atomic E-state index is 12.5. The van der Waals surface area contributed by atoms with Crippen molar-refractivity contribution in [3.63, 3.8) is 0 Å². The van der Waals surface area contributed by atoms with Crippen LogP contribution in [0, 0.1) is 12.8 Å². The molecule has 2 aliphatic rings. The molecule has 2 fully saturated rings. The summed E-state index contributed by atoms with van der Waals surface area (Å²) in [5.41, 5.74) is 2.34. The summed E-state index contributed by atoms with van der Waals surface area (Å²) in [4.78, 5) is 13.8. The first-order valence-electron chi connectivity index (χ1n) is 9.31. The Kier molecular flexibility index (Phi) is 5.11. The molecule has 1 amide bonds. The molecule has 4 rings (SSSR count). The van der Waals surface area contributed by atoms with E-state index in [0.717, 1.165) is 42.6 Å². The maximum Gasteiger partial charge on any atom is 0.256 e. The van der Waals surface area contributed by atoms with E-state index in [2.05, 4.69) is 15.7 Å². The number of ether oxygens (including phenoxy) is 1. The highest BCUT2D eigenvalue weighted by Crippen LogP contribution is 2.43. The first kappa shape index (κ1) is 17.7. The molecule has 2 aromatic rings. The van der Waals surface area contributed by atoms with Gasteiger partial charge in [0.15, 0.2) is 0 Å². The van der Waals surface area contributed by atoms with Crippen molar-refractivity contribution in [1.82, 2.24) is 15.1 Å². The number of hydrogen-bond donors (Lipinski definition) is 2. The molecule has 0 spiro atoms. The molecule has 2 N–H and O–H groups in total. The van der Waals surface area contributed by atoms with Crippen LogP contribution in [0.4, 0.5) is 5.69 Å². The minimum atomic E-state index is -0.0593. The van der Waals surface area contributed by atoms with Gasteiger partial charge in [-0.2, -0.15) is 5.10 Å². The largest absolute Gasteiger partial charge is 0.381 e. The molecule has 1 aliphatic carbocycles. The minimum absolute atomic E-state index is 0.0593. The van der Waals surface area contributed by atoms with E-state index in [1.807, 2.05) is 31.6 Å². The van der Waals surface area contributed by atoms with E-state index < -0.39 is 0 Å². The van der Waals surface area contributed by atoms with Gasteiger partial charge in [-0.3, -0.25) is 9.48 Å². The summed E-state index contributed by atoms with van der Waals surface area (Å²) in [7, 11) is 1.85. The summed E-state index contributed by atoms with van der Waals surface area (Å²) < 4.78 is 7.13. The maximum absolute atomic E-state index is 12.5. The van der Waals surface area contributed by atoms with Crippen LogP contribution < -0.4 is 10.6 Å². The number of carbonyl (C=O) groups is 1. The summed E-state index contributed by atoms with van der Waals surface area (Å²) in [6.07, 6.45) is 5.34. The first-order chi connectivity index (χ1) is 12.6. The molecule has 26 heavy (non-hydrogen) atoms. The molecule has 0 bridgehead atoms. The van der Waals surface area contributed by atoms with Gasteiger partial charge in [-0.1, -0.05) is 0 Å². The van der Waals surface area contributed by atoms with Crippen molar-refractivity contribution >= 4 is 22.9 Å². The Morgan fingerprint density at radius 1 is 1.42 bits per heavy atom. The summed E-state index contributed by atoms with van der Waals surface area (Å²) in [5, 5.41) is 12.9. The normalized spacial score (nSPS) is 23.2. The summed E-state index contributed by atoms with van der Waals surface area (Å²) >= 11 is 1.69. The zero-order chi connectivity index (χ0) is 18.1. The number of aromatic nitrogens is 2. The Balaban J connectivity index is 1.29. The smallest absolute Gasteiger partial charge is 0.256 e. The monoisotopic (exact) mass is 374 g/mol. The molecule has 2 aromatic heterocycles. The Hall–Kier alpha value is -1.70. The molecule has 2 atom stereocenters. The van der Waals surface area contributed by atoms with Crippen LogP contribution in [0.3, 0.4) is 0 Å². The van der Waals surface area contributed by atoms with Gasteiger partial charge in [0.25, 0.3) is 5.91 Å². The van der Waals surface area contributed by atoms with E-state index in [4.69, 9.17) is 4.74 Å². The fourth-order valence-corrected chi connectivity index (χ4v) is 4.66. The van der Waals surface area contributed by atoms with Crippen molar-refractivity contribution in [2.75, 3.05) is 25.1 Å². The zero-order valence-corrected chi connectivity index (χ0v) is 16.1. The predicted octanol–water partition coefficient (Wildman–Crippen LogP) is 2.91. The van der Waals surface area contributed by atoms with E-state index in [0.29, 0.717) is 12.0 Å². The average Bonchev–Trinajstić information content (AvgIpc) is 3.10. The van der Waals surface area contributed by atoms with Crippen LogP contribution in [0.15, 0.2) is 17.6 Å². The van der Waals surface area contributed by atoms with Crippen molar-refractivity contribution < 1.29 is 9.53 Å². The Morgan fingerprint density at radius 2 is 2.23 bits per heavy atom. The van der Waals surface area contributed by atoms with Crippen LogP contribution in [-0.4, -0.2) is 41.5 Å². The minimum Gasteiger partial charge on any atom is -0.381 e. The van der Waals surface area contributed by atoms with Gasteiger partial charge in [-0.15, -0.1) is 11.3 Å². The number of nitrogens with zero attached hydrogens (tertiary/aromatic N) is 2. The lowest BCUT2D eigenvalue weighted by Crippen LogP contribution is -2.29. The first-order valence-corrected chi connectivity index (χ1v) is 10.2. The van der Waals surface area contributed by atoms with Gasteiger partial charge in [-0.25, -0.2) is 0 Å².